The normalized spacial score (nSPS) is 11.7. The fraction of sp³-hybridized carbons (Fsp3) is 0.333. The number of anilines is 1. The third kappa shape index (κ3) is 3.14. The Hall–Kier alpha value is -1.74. The van der Waals surface area contributed by atoms with Crippen molar-refractivity contribution in [2.24, 2.45) is 0 Å². The lowest BCUT2D eigenvalue weighted by Gasteiger charge is -2.25. The van der Waals surface area contributed by atoms with Gasteiger partial charge in [-0.25, -0.2) is 0 Å². The number of nitrogens with two attached hydrogens (primary N) is 1. The van der Waals surface area contributed by atoms with E-state index in [9.17, 15) is 0 Å². The molecule has 3 heteroatoms. The Morgan fingerprint density at radius 1 is 1.17 bits per heavy atom. The van der Waals surface area contributed by atoms with Crippen molar-refractivity contribution in [2.45, 2.75) is 25.8 Å². The highest BCUT2D eigenvalue weighted by Crippen LogP contribution is 2.23. The second-order valence-corrected chi connectivity index (χ2v) is 5.19. The van der Waals surface area contributed by atoms with Crippen LogP contribution in [0, 0.1) is 0 Å². The molecule has 3 nitrogen and oxygen atoms in total. The minimum Gasteiger partial charge on any atom is -0.468 e. The van der Waals surface area contributed by atoms with Crippen molar-refractivity contribution in [3.05, 3.63) is 54.0 Å². The van der Waals surface area contributed by atoms with Gasteiger partial charge < -0.3 is 15.5 Å². The van der Waals surface area contributed by atoms with Gasteiger partial charge in [0.25, 0.3) is 0 Å². The van der Waals surface area contributed by atoms with Crippen molar-refractivity contribution in [1.82, 2.24) is 5.32 Å². The van der Waals surface area contributed by atoms with Gasteiger partial charge in [-0.3, -0.25) is 0 Å². The summed E-state index contributed by atoms with van der Waals surface area (Å²) in [4.78, 5) is 0. The summed E-state index contributed by atoms with van der Waals surface area (Å²) in [5, 5.41) is 3.42. The second-order valence-electron chi connectivity index (χ2n) is 5.19. The monoisotopic (exact) mass is 244 g/mol. The summed E-state index contributed by atoms with van der Waals surface area (Å²) < 4.78 is 5.29. The van der Waals surface area contributed by atoms with E-state index in [-0.39, 0.29) is 5.41 Å². The zero-order valence-corrected chi connectivity index (χ0v) is 10.9. The number of hydrogen-bond acceptors (Lipinski definition) is 3. The molecule has 3 N–H and O–H groups in total. The van der Waals surface area contributed by atoms with E-state index in [0.29, 0.717) is 0 Å². The third-order valence-electron chi connectivity index (χ3n) is 3.14. The van der Waals surface area contributed by atoms with E-state index in [1.165, 1.54) is 5.56 Å². The van der Waals surface area contributed by atoms with Crippen LogP contribution in [0.3, 0.4) is 0 Å². The van der Waals surface area contributed by atoms with Crippen LogP contribution in [0.2, 0.25) is 0 Å². The molecule has 1 aromatic carbocycles. The maximum Gasteiger partial charge on any atom is 0.117 e. The summed E-state index contributed by atoms with van der Waals surface area (Å²) >= 11 is 0. The molecule has 0 aliphatic heterocycles. The molecular weight excluding hydrogens is 224 g/mol. The Morgan fingerprint density at radius 2 is 1.89 bits per heavy atom. The smallest absolute Gasteiger partial charge is 0.117 e. The molecule has 0 aliphatic rings. The zero-order chi connectivity index (χ0) is 13.0. The number of nitrogen functional groups attached to an aromatic ring is 1. The first-order valence-corrected chi connectivity index (χ1v) is 6.17. The maximum atomic E-state index is 5.71. The highest BCUT2D eigenvalue weighted by Gasteiger charge is 2.19. The first-order chi connectivity index (χ1) is 8.58. The Balaban J connectivity index is 1.92. The van der Waals surface area contributed by atoms with Crippen molar-refractivity contribution in [2.75, 3.05) is 12.3 Å². The summed E-state index contributed by atoms with van der Waals surface area (Å²) in [5.74, 6) is 0.961. The predicted octanol–water partition coefficient (Wildman–Crippen LogP) is 2.93. The largest absolute Gasteiger partial charge is 0.468 e. The lowest BCUT2D eigenvalue weighted by molar-refractivity contribution is 0.432. The zero-order valence-electron chi connectivity index (χ0n) is 10.9. The molecule has 18 heavy (non-hydrogen) atoms. The average Bonchev–Trinajstić information content (AvgIpc) is 2.82. The van der Waals surface area contributed by atoms with Gasteiger partial charge in [-0.1, -0.05) is 26.0 Å². The summed E-state index contributed by atoms with van der Waals surface area (Å²) in [6.45, 7) is 6.07. The summed E-state index contributed by atoms with van der Waals surface area (Å²) in [7, 11) is 0. The third-order valence-corrected chi connectivity index (χ3v) is 3.14. The lowest BCUT2D eigenvalue weighted by Crippen LogP contribution is -2.32. The highest BCUT2D eigenvalue weighted by molar-refractivity contribution is 5.41. The van der Waals surface area contributed by atoms with Crippen LogP contribution >= 0.6 is 0 Å². The molecule has 1 heterocycles. The van der Waals surface area contributed by atoms with Gasteiger partial charge in [0.2, 0.25) is 0 Å². The van der Waals surface area contributed by atoms with Gasteiger partial charge in [0.15, 0.2) is 0 Å². The maximum absolute atomic E-state index is 5.71. The van der Waals surface area contributed by atoms with E-state index >= 15 is 0 Å². The molecule has 0 radical (unpaired) electrons. The molecule has 1 aromatic heterocycles. The van der Waals surface area contributed by atoms with E-state index in [1.54, 1.807) is 6.26 Å². The first-order valence-electron chi connectivity index (χ1n) is 6.17. The first kappa shape index (κ1) is 12.7. The van der Waals surface area contributed by atoms with Gasteiger partial charge >= 0.3 is 0 Å². The van der Waals surface area contributed by atoms with Gasteiger partial charge in [-0.15, -0.1) is 0 Å². The molecule has 2 rings (SSSR count). The van der Waals surface area contributed by atoms with Crippen molar-refractivity contribution in [1.29, 1.82) is 0 Å². The number of rotatable bonds is 5. The van der Waals surface area contributed by atoms with E-state index in [2.05, 4.69) is 31.3 Å². The minimum absolute atomic E-state index is 0.0697. The Kier molecular flexibility index (Phi) is 3.72. The molecule has 0 atom stereocenters. The van der Waals surface area contributed by atoms with Gasteiger partial charge in [0.1, 0.15) is 5.76 Å². The summed E-state index contributed by atoms with van der Waals surface area (Å²) in [6, 6.07) is 12.0. The van der Waals surface area contributed by atoms with Crippen LogP contribution in [0.1, 0.15) is 25.2 Å². The molecule has 0 amide bonds. The fourth-order valence-corrected chi connectivity index (χ4v) is 1.95. The second kappa shape index (κ2) is 5.27. The van der Waals surface area contributed by atoms with Gasteiger partial charge in [-0.2, -0.15) is 0 Å². The Labute approximate surface area is 108 Å². The van der Waals surface area contributed by atoms with Crippen LogP contribution in [0.5, 0.6) is 0 Å². The van der Waals surface area contributed by atoms with E-state index in [1.807, 2.05) is 24.3 Å². The summed E-state index contributed by atoms with van der Waals surface area (Å²) in [6.07, 6.45) is 1.70. The Morgan fingerprint density at radius 3 is 2.50 bits per heavy atom. The van der Waals surface area contributed by atoms with Crippen LogP contribution < -0.4 is 11.1 Å². The molecule has 0 saturated carbocycles. The van der Waals surface area contributed by atoms with Crippen LogP contribution in [-0.4, -0.2) is 6.54 Å². The number of nitrogens with one attached hydrogen (secondary N) is 1. The summed E-state index contributed by atoms with van der Waals surface area (Å²) in [5.41, 5.74) is 7.86. The lowest BCUT2D eigenvalue weighted by atomic mass is 9.84. The minimum atomic E-state index is 0.0697. The number of furan rings is 1. The van der Waals surface area contributed by atoms with E-state index in [0.717, 1.165) is 24.5 Å². The molecule has 0 spiro atoms. The fourth-order valence-electron chi connectivity index (χ4n) is 1.95. The molecule has 0 bridgehead atoms. The molecular formula is C15H20N2O. The molecule has 0 saturated heterocycles. The van der Waals surface area contributed by atoms with Crippen molar-refractivity contribution in [3.63, 3.8) is 0 Å². The van der Waals surface area contributed by atoms with Crippen LogP contribution in [0.25, 0.3) is 0 Å². The standard InChI is InChI=1S/C15H20N2O/c1-15(2,12-5-7-13(16)8-6-12)11-17-10-14-4-3-9-18-14/h3-9,17H,10-11,16H2,1-2H3. The van der Waals surface area contributed by atoms with Gasteiger partial charge in [0, 0.05) is 17.6 Å². The van der Waals surface area contributed by atoms with Gasteiger partial charge in [0.05, 0.1) is 12.8 Å². The Bertz CT molecular complexity index is 472. The van der Waals surface area contributed by atoms with Crippen molar-refractivity contribution in [3.8, 4) is 0 Å². The SMILES string of the molecule is CC(C)(CNCc1ccco1)c1ccc(N)cc1. The topological polar surface area (TPSA) is 51.2 Å². The van der Waals surface area contributed by atoms with Crippen LogP contribution in [0.15, 0.2) is 47.1 Å². The molecule has 96 valence electrons. The quantitative estimate of drug-likeness (QED) is 0.795. The van der Waals surface area contributed by atoms with Crippen LogP contribution in [-0.2, 0) is 12.0 Å². The van der Waals surface area contributed by atoms with Crippen molar-refractivity contribution >= 4 is 5.69 Å². The van der Waals surface area contributed by atoms with E-state index < -0.39 is 0 Å². The molecule has 0 fully saturated rings. The van der Waals surface area contributed by atoms with Gasteiger partial charge in [-0.05, 0) is 29.8 Å². The average molecular weight is 244 g/mol. The van der Waals surface area contributed by atoms with Crippen molar-refractivity contribution < 1.29 is 4.42 Å². The van der Waals surface area contributed by atoms with E-state index in [4.69, 9.17) is 10.2 Å². The molecule has 0 aliphatic carbocycles. The van der Waals surface area contributed by atoms with Crippen LogP contribution in [0.4, 0.5) is 5.69 Å². The predicted molar refractivity (Wildman–Crippen MR) is 74.3 cm³/mol. The number of benzene rings is 1. The molecule has 0 unspecified atom stereocenters. The number of hydrogen-bond donors (Lipinski definition) is 2. The molecule has 2 aromatic rings. The highest BCUT2D eigenvalue weighted by atomic mass is 16.3.